The predicted octanol–water partition coefficient (Wildman–Crippen LogP) is 4.15. The standard InChI is InChI=1S/C23H23Cl2N3O3/c1-14-6-2-3-9-18(14)28-19-10-4-7-16(19)22(27-28)23(30)26-12-15(29)13-31-20-11-5-8-17(24)21(20)25/h2-3,5-6,8-9,11,15,29H,4,7,10,12-13H2,1H3,(H,26,30). The Morgan fingerprint density at radius 1 is 1.23 bits per heavy atom. The molecule has 1 amide bonds. The monoisotopic (exact) mass is 459 g/mol. The molecule has 2 N–H and O–H groups in total. The second-order valence-electron chi connectivity index (χ2n) is 7.55. The van der Waals surface area contributed by atoms with Gasteiger partial charge in [0.25, 0.3) is 5.91 Å². The van der Waals surface area contributed by atoms with Crippen LogP contribution in [0, 0.1) is 6.92 Å². The Balaban J connectivity index is 1.42. The number of benzene rings is 2. The summed E-state index contributed by atoms with van der Waals surface area (Å²) >= 11 is 12.0. The molecule has 0 spiro atoms. The maximum atomic E-state index is 12.8. The minimum absolute atomic E-state index is 0.0308. The fourth-order valence-electron chi connectivity index (χ4n) is 3.75. The molecule has 0 saturated heterocycles. The van der Waals surface area contributed by atoms with Crippen molar-refractivity contribution in [1.82, 2.24) is 15.1 Å². The number of para-hydroxylation sites is 1. The van der Waals surface area contributed by atoms with Crippen LogP contribution >= 0.6 is 23.2 Å². The van der Waals surface area contributed by atoms with Crippen LogP contribution in [0.2, 0.25) is 10.0 Å². The number of nitrogens with one attached hydrogen (secondary N) is 1. The van der Waals surface area contributed by atoms with Crippen molar-refractivity contribution >= 4 is 29.1 Å². The van der Waals surface area contributed by atoms with Crippen molar-refractivity contribution in [2.45, 2.75) is 32.3 Å². The van der Waals surface area contributed by atoms with Crippen LogP contribution in [0.15, 0.2) is 42.5 Å². The average Bonchev–Trinajstić information content (AvgIpc) is 3.36. The van der Waals surface area contributed by atoms with E-state index in [-0.39, 0.29) is 24.1 Å². The van der Waals surface area contributed by atoms with E-state index in [0.29, 0.717) is 16.5 Å². The highest BCUT2D eigenvalue weighted by Gasteiger charge is 2.27. The van der Waals surface area contributed by atoms with Crippen molar-refractivity contribution in [1.29, 1.82) is 0 Å². The average molecular weight is 460 g/mol. The van der Waals surface area contributed by atoms with E-state index in [1.54, 1.807) is 18.2 Å². The van der Waals surface area contributed by atoms with Crippen molar-refractivity contribution in [3.63, 3.8) is 0 Å². The van der Waals surface area contributed by atoms with Gasteiger partial charge in [0.2, 0.25) is 0 Å². The van der Waals surface area contributed by atoms with Crippen molar-refractivity contribution in [3.05, 3.63) is 75.0 Å². The summed E-state index contributed by atoms with van der Waals surface area (Å²) in [6.45, 7) is 2.03. The number of hydrogen-bond acceptors (Lipinski definition) is 4. The molecular weight excluding hydrogens is 437 g/mol. The zero-order chi connectivity index (χ0) is 22.0. The molecule has 4 rings (SSSR count). The van der Waals surface area contributed by atoms with Gasteiger partial charge in [0.15, 0.2) is 5.69 Å². The minimum atomic E-state index is -0.912. The van der Waals surface area contributed by atoms with E-state index in [1.165, 1.54) is 0 Å². The number of fused-ring (bicyclic) bond motifs is 1. The minimum Gasteiger partial charge on any atom is -0.489 e. The number of carbonyl (C=O) groups excluding carboxylic acids is 1. The summed E-state index contributed by atoms with van der Waals surface area (Å²) in [7, 11) is 0. The number of hydrogen-bond donors (Lipinski definition) is 2. The van der Waals surface area contributed by atoms with Gasteiger partial charge >= 0.3 is 0 Å². The van der Waals surface area contributed by atoms with Crippen LogP contribution in [0.25, 0.3) is 5.69 Å². The van der Waals surface area contributed by atoms with Crippen LogP contribution in [-0.2, 0) is 12.8 Å². The van der Waals surface area contributed by atoms with Crippen molar-refractivity contribution in [3.8, 4) is 11.4 Å². The topological polar surface area (TPSA) is 76.4 Å². The van der Waals surface area contributed by atoms with E-state index in [1.807, 2.05) is 35.9 Å². The molecule has 1 aliphatic rings. The number of carbonyl (C=O) groups is 1. The third kappa shape index (κ3) is 4.56. The summed E-state index contributed by atoms with van der Waals surface area (Å²) in [5, 5.41) is 18.3. The lowest BCUT2D eigenvalue weighted by molar-refractivity contribution is 0.0839. The molecule has 0 bridgehead atoms. The zero-order valence-corrected chi connectivity index (χ0v) is 18.6. The molecular formula is C23H23Cl2N3O3. The maximum Gasteiger partial charge on any atom is 0.272 e. The van der Waals surface area contributed by atoms with Gasteiger partial charge in [0.05, 0.1) is 10.7 Å². The Kier molecular flexibility index (Phi) is 6.51. The normalized spacial score (nSPS) is 13.7. The van der Waals surface area contributed by atoms with E-state index < -0.39 is 6.10 Å². The lowest BCUT2D eigenvalue weighted by Gasteiger charge is -2.14. The van der Waals surface area contributed by atoms with E-state index in [4.69, 9.17) is 27.9 Å². The molecule has 0 radical (unpaired) electrons. The first kappa shape index (κ1) is 21.7. The summed E-state index contributed by atoms with van der Waals surface area (Å²) in [6.07, 6.45) is 1.80. The maximum absolute atomic E-state index is 12.8. The zero-order valence-electron chi connectivity index (χ0n) is 17.1. The molecule has 1 aliphatic carbocycles. The van der Waals surface area contributed by atoms with E-state index in [2.05, 4.69) is 10.4 Å². The summed E-state index contributed by atoms with van der Waals surface area (Å²) in [5.41, 5.74) is 4.56. The number of rotatable bonds is 7. The van der Waals surface area contributed by atoms with Gasteiger partial charge in [0.1, 0.15) is 23.5 Å². The van der Waals surface area contributed by atoms with Gasteiger partial charge in [-0.3, -0.25) is 4.79 Å². The van der Waals surface area contributed by atoms with Gasteiger partial charge in [0, 0.05) is 17.8 Å². The first-order valence-electron chi connectivity index (χ1n) is 10.2. The van der Waals surface area contributed by atoms with Crippen LogP contribution < -0.4 is 10.1 Å². The molecule has 1 unspecified atom stereocenters. The fourth-order valence-corrected chi connectivity index (χ4v) is 4.10. The molecule has 1 heterocycles. The highest BCUT2D eigenvalue weighted by atomic mass is 35.5. The molecule has 6 nitrogen and oxygen atoms in total. The van der Waals surface area contributed by atoms with Gasteiger partial charge in [-0.25, -0.2) is 4.68 Å². The molecule has 1 atom stereocenters. The van der Waals surface area contributed by atoms with E-state index in [9.17, 15) is 9.90 Å². The largest absolute Gasteiger partial charge is 0.489 e. The molecule has 1 aromatic heterocycles. The second kappa shape index (κ2) is 9.30. The first-order valence-corrected chi connectivity index (χ1v) is 10.9. The number of aliphatic hydroxyl groups is 1. The quantitative estimate of drug-likeness (QED) is 0.556. The molecule has 3 aromatic rings. The van der Waals surface area contributed by atoms with Gasteiger partial charge in [-0.2, -0.15) is 5.10 Å². The van der Waals surface area contributed by atoms with Gasteiger partial charge in [-0.1, -0.05) is 47.5 Å². The Labute approximate surface area is 190 Å². The fraction of sp³-hybridized carbons (Fsp3) is 0.304. The van der Waals surface area contributed by atoms with Gasteiger partial charge in [-0.05, 0) is 49.9 Å². The summed E-state index contributed by atoms with van der Waals surface area (Å²) in [6, 6.07) is 13.0. The number of amides is 1. The third-order valence-electron chi connectivity index (χ3n) is 5.33. The lowest BCUT2D eigenvalue weighted by atomic mass is 10.1. The summed E-state index contributed by atoms with van der Waals surface area (Å²) < 4.78 is 7.41. The van der Waals surface area contributed by atoms with Crippen LogP contribution in [0.1, 0.15) is 33.7 Å². The second-order valence-corrected chi connectivity index (χ2v) is 8.34. The SMILES string of the molecule is Cc1ccccc1-n1nc(C(=O)NCC(O)COc2cccc(Cl)c2Cl)c2c1CCC2. The number of nitrogens with zero attached hydrogens (tertiary/aromatic N) is 2. The molecule has 8 heteroatoms. The van der Waals surface area contributed by atoms with Gasteiger partial charge in [-0.15, -0.1) is 0 Å². The van der Waals surface area contributed by atoms with E-state index >= 15 is 0 Å². The number of halogens is 2. The predicted molar refractivity (Wildman–Crippen MR) is 121 cm³/mol. The number of aryl methyl sites for hydroxylation is 1. The summed E-state index contributed by atoms with van der Waals surface area (Å²) in [5.74, 6) is 0.0830. The van der Waals surface area contributed by atoms with Crippen LogP contribution in [0.5, 0.6) is 5.75 Å². The Bertz CT molecular complexity index is 1110. The number of aliphatic hydroxyl groups excluding tert-OH is 1. The van der Waals surface area contributed by atoms with E-state index in [0.717, 1.165) is 41.8 Å². The molecule has 31 heavy (non-hydrogen) atoms. The number of aromatic nitrogens is 2. The molecule has 0 fully saturated rings. The highest BCUT2D eigenvalue weighted by molar-refractivity contribution is 6.42. The molecule has 2 aromatic carbocycles. The van der Waals surface area contributed by atoms with Gasteiger partial charge < -0.3 is 15.2 Å². The smallest absolute Gasteiger partial charge is 0.272 e. The van der Waals surface area contributed by atoms with Crippen molar-refractivity contribution in [2.75, 3.05) is 13.2 Å². The van der Waals surface area contributed by atoms with Crippen molar-refractivity contribution in [2.24, 2.45) is 0 Å². The Morgan fingerprint density at radius 2 is 2.03 bits per heavy atom. The highest BCUT2D eigenvalue weighted by Crippen LogP contribution is 2.31. The Hall–Kier alpha value is -2.54. The molecule has 162 valence electrons. The molecule has 0 aliphatic heterocycles. The Morgan fingerprint density at radius 3 is 2.84 bits per heavy atom. The van der Waals surface area contributed by atoms with Crippen LogP contribution in [0.3, 0.4) is 0 Å². The third-order valence-corrected chi connectivity index (χ3v) is 6.14. The van der Waals surface area contributed by atoms with Crippen molar-refractivity contribution < 1.29 is 14.6 Å². The first-order chi connectivity index (χ1) is 15.0. The summed E-state index contributed by atoms with van der Waals surface area (Å²) in [4.78, 5) is 12.8. The number of ether oxygens (including phenoxy) is 1. The van der Waals surface area contributed by atoms with Crippen LogP contribution in [-0.4, -0.2) is 40.0 Å². The molecule has 0 saturated carbocycles. The van der Waals surface area contributed by atoms with Crippen LogP contribution in [0.4, 0.5) is 0 Å². The lowest BCUT2D eigenvalue weighted by Crippen LogP contribution is -2.35.